The Hall–Kier alpha value is -2.96. The largest absolute Gasteiger partial charge is 0.450 e. The van der Waals surface area contributed by atoms with Crippen LogP contribution in [0.5, 0.6) is 0 Å². The molecule has 2 aromatic heterocycles. The first-order valence-corrected chi connectivity index (χ1v) is 6.90. The molecule has 0 spiro atoms. The molecule has 112 valence electrons. The standard InChI is InChI=1S/C15H15N5O2/c1-3-22-15(21)16-12-6-4-5-11(9-12)13-7-8-14-18-17-10(2)20(14)19-13/h4-9H,3H2,1-2H3,(H,16,21). The fraction of sp³-hybridized carbons (Fsp3) is 0.200. The Bertz CT molecular complexity index is 828. The van der Waals surface area contributed by atoms with E-state index in [1.165, 1.54) is 0 Å². The second-order valence-electron chi connectivity index (χ2n) is 4.66. The van der Waals surface area contributed by atoms with E-state index in [2.05, 4.69) is 20.6 Å². The van der Waals surface area contributed by atoms with Gasteiger partial charge in [-0.3, -0.25) is 5.32 Å². The molecule has 3 aromatic rings. The van der Waals surface area contributed by atoms with Crippen LogP contribution in [0, 0.1) is 6.92 Å². The second kappa shape index (κ2) is 5.80. The Morgan fingerprint density at radius 2 is 2.14 bits per heavy atom. The predicted molar refractivity (Wildman–Crippen MR) is 81.6 cm³/mol. The number of aryl methyl sites for hydroxylation is 1. The van der Waals surface area contributed by atoms with Gasteiger partial charge in [0.05, 0.1) is 12.3 Å². The minimum atomic E-state index is -0.474. The highest BCUT2D eigenvalue weighted by Crippen LogP contribution is 2.21. The number of amides is 1. The normalized spacial score (nSPS) is 10.6. The molecule has 0 radical (unpaired) electrons. The first-order chi connectivity index (χ1) is 10.7. The van der Waals surface area contributed by atoms with Crippen molar-refractivity contribution in [2.75, 3.05) is 11.9 Å². The SMILES string of the molecule is CCOC(=O)Nc1cccc(-c2ccc3nnc(C)n3n2)c1. The van der Waals surface area contributed by atoms with Gasteiger partial charge in [-0.15, -0.1) is 10.2 Å². The molecular formula is C15H15N5O2. The zero-order valence-corrected chi connectivity index (χ0v) is 12.3. The monoisotopic (exact) mass is 297 g/mol. The first kappa shape index (κ1) is 14.0. The summed E-state index contributed by atoms with van der Waals surface area (Å²) >= 11 is 0. The number of ether oxygens (including phenoxy) is 1. The zero-order valence-electron chi connectivity index (χ0n) is 12.3. The van der Waals surface area contributed by atoms with Crippen molar-refractivity contribution >= 4 is 17.4 Å². The lowest BCUT2D eigenvalue weighted by atomic mass is 10.1. The summed E-state index contributed by atoms with van der Waals surface area (Å²) in [5.41, 5.74) is 2.99. The van der Waals surface area contributed by atoms with Crippen LogP contribution in [-0.2, 0) is 4.74 Å². The smallest absolute Gasteiger partial charge is 0.411 e. The van der Waals surface area contributed by atoms with E-state index in [1.807, 2.05) is 37.3 Å². The summed E-state index contributed by atoms with van der Waals surface area (Å²) in [5.74, 6) is 0.720. The van der Waals surface area contributed by atoms with E-state index in [0.29, 0.717) is 17.9 Å². The molecule has 7 nitrogen and oxygen atoms in total. The van der Waals surface area contributed by atoms with Gasteiger partial charge in [-0.25, -0.2) is 4.79 Å². The highest BCUT2D eigenvalue weighted by Gasteiger charge is 2.07. The van der Waals surface area contributed by atoms with Crippen LogP contribution in [0.25, 0.3) is 16.9 Å². The minimum absolute atomic E-state index is 0.330. The van der Waals surface area contributed by atoms with Crippen LogP contribution in [0.2, 0.25) is 0 Å². The number of nitrogens with one attached hydrogen (secondary N) is 1. The summed E-state index contributed by atoms with van der Waals surface area (Å²) in [5, 5.41) is 15.2. The molecule has 0 aliphatic carbocycles. The number of hydrogen-bond donors (Lipinski definition) is 1. The van der Waals surface area contributed by atoms with Crippen molar-refractivity contribution in [1.82, 2.24) is 19.8 Å². The quantitative estimate of drug-likeness (QED) is 0.803. The van der Waals surface area contributed by atoms with Crippen molar-refractivity contribution in [3.63, 3.8) is 0 Å². The molecule has 22 heavy (non-hydrogen) atoms. The summed E-state index contributed by atoms with van der Waals surface area (Å²) < 4.78 is 6.55. The maximum atomic E-state index is 11.5. The lowest BCUT2D eigenvalue weighted by molar-refractivity contribution is 0.168. The average Bonchev–Trinajstić information content (AvgIpc) is 2.89. The number of anilines is 1. The highest BCUT2D eigenvalue weighted by molar-refractivity contribution is 5.85. The zero-order chi connectivity index (χ0) is 15.5. The van der Waals surface area contributed by atoms with Crippen molar-refractivity contribution in [2.45, 2.75) is 13.8 Å². The molecule has 0 unspecified atom stereocenters. The summed E-state index contributed by atoms with van der Waals surface area (Å²) in [6.07, 6.45) is -0.474. The van der Waals surface area contributed by atoms with Crippen molar-refractivity contribution in [3.8, 4) is 11.3 Å². The van der Waals surface area contributed by atoms with Gasteiger partial charge in [-0.2, -0.15) is 9.61 Å². The Morgan fingerprint density at radius 3 is 2.95 bits per heavy atom. The molecule has 3 rings (SSSR count). The van der Waals surface area contributed by atoms with E-state index in [0.717, 1.165) is 17.1 Å². The van der Waals surface area contributed by atoms with Crippen LogP contribution < -0.4 is 5.32 Å². The van der Waals surface area contributed by atoms with Gasteiger partial charge in [-0.1, -0.05) is 12.1 Å². The Kier molecular flexibility index (Phi) is 3.69. The minimum Gasteiger partial charge on any atom is -0.450 e. The number of benzene rings is 1. The molecule has 0 bridgehead atoms. The first-order valence-electron chi connectivity index (χ1n) is 6.90. The number of hydrogen-bond acceptors (Lipinski definition) is 5. The topological polar surface area (TPSA) is 81.4 Å². The van der Waals surface area contributed by atoms with E-state index in [-0.39, 0.29) is 0 Å². The Morgan fingerprint density at radius 1 is 1.27 bits per heavy atom. The summed E-state index contributed by atoms with van der Waals surface area (Å²) in [7, 11) is 0. The molecule has 0 aliphatic rings. The van der Waals surface area contributed by atoms with E-state index in [1.54, 1.807) is 17.5 Å². The number of carbonyl (C=O) groups is 1. The number of carbonyl (C=O) groups excluding carboxylic acids is 1. The third-order valence-corrected chi connectivity index (χ3v) is 3.10. The second-order valence-corrected chi connectivity index (χ2v) is 4.66. The van der Waals surface area contributed by atoms with Gasteiger partial charge >= 0.3 is 6.09 Å². The van der Waals surface area contributed by atoms with Crippen LogP contribution in [0.1, 0.15) is 12.7 Å². The van der Waals surface area contributed by atoms with Crippen LogP contribution in [-0.4, -0.2) is 32.5 Å². The molecule has 0 saturated carbocycles. The van der Waals surface area contributed by atoms with Crippen molar-refractivity contribution in [1.29, 1.82) is 0 Å². The van der Waals surface area contributed by atoms with Crippen LogP contribution in [0.3, 0.4) is 0 Å². The third kappa shape index (κ3) is 2.73. The summed E-state index contributed by atoms with van der Waals surface area (Å²) in [6, 6.07) is 11.1. The van der Waals surface area contributed by atoms with Crippen LogP contribution in [0.15, 0.2) is 36.4 Å². The maximum absolute atomic E-state index is 11.5. The number of nitrogens with zero attached hydrogens (tertiary/aromatic N) is 4. The number of rotatable bonds is 3. The van der Waals surface area contributed by atoms with Gasteiger partial charge in [0, 0.05) is 11.3 Å². The Labute approximate surface area is 126 Å². The molecule has 2 heterocycles. The molecule has 1 N–H and O–H groups in total. The molecule has 0 atom stereocenters. The van der Waals surface area contributed by atoms with Gasteiger partial charge in [0.1, 0.15) is 0 Å². The van der Waals surface area contributed by atoms with Gasteiger partial charge in [-0.05, 0) is 38.1 Å². The summed E-state index contributed by atoms with van der Waals surface area (Å²) in [4.78, 5) is 11.5. The molecule has 0 aliphatic heterocycles. The molecule has 7 heteroatoms. The molecule has 0 fully saturated rings. The fourth-order valence-electron chi connectivity index (χ4n) is 2.09. The van der Waals surface area contributed by atoms with E-state index >= 15 is 0 Å². The van der Waals surface area contributed by atoms with E-state index < -0.39 is 6.09 Å². The van der Waals surface area contributed by atoms with Gasteiger partial charge in [0.2, 0.25) is 0 Å². The predicted octanol–water partition coefficient (Wildman–Crippen LogP) is 2.67. The van der Waals surface area contributed by atoms with Crippen LogP contribution in [0.4, 0.5) is 10.5 Å². The lowest BCUT2D eigenvalue weighted by Crippen LogP contribution is -2.13. The Balaban J connectivity index is 1.92. The maximum Gasteiger partial charge on any atom is 0.411 e. The molecular weight excluding hydrogens is 282 g/mol. The lowest BCUT2D eigenvalue weighted by Gasteiger charge is -2.07. The van der Waals surface area contributed by atoms with E-state index in [9.17, 15) is 4.79 Å². The molecule has 1 aromatic carbocycles. The average molecular weight is 297 g/mol. The molecule has 1 amide bonds. The van der Waals surface area contributed by atoms with Gasteiger partial charge < -0.3 is 4.74 Å². The van der Waals surface area contributed by atoms with Crippen molar-refractivity contribution in [3.05, 3.63) is 42.2 Å². The molecule has 0 saturated heterocycles. The van der Waals surface area contributed by atoms with E-state index in [4.69, 9.17) is 4.74 Å². The van der Waals surface area contributed by atoms with Gasteiger partial charge in [0.15, 0.2) is 11.5 Å². The summed E-state index contributed by atoms with van der Waals surface area (Å²) in [6.45, 7) is 3.93. The third-order valence-electron chi connectivity index (χ3n) is 3.10. The van der Waals surface area contributed by atoms with Crippen molar-refractivity contribution < 1.29 is 9.53 Å². The number of aromatic nitrogens is 4. The fourth-order valence-corrected chi connectivity index (χ4v) is 2.09. The van der Waals surface area contributed by atoms with Crippen LogP contribution >= 0.6 is 0 Å². The number of fused-ring (bicyclic) bond motifs is 1. The highest BCUT2D eigenvalue weighted by atomic mass is 16.5. The van der Waals surface area contributed by atoms with Gasteiger partial charge in [0.25, 0.3) is 0 Å². The van der Waals surface area contributed by atoms with Crippen molar-refractivity contribution in [2.24, 2.45) is 0 Å².